The van der Waals surface area contributed by atoms with Crippen LogP contribution in [-0.2, 0) is 0 Å². The highest BCUT2D eigenvalue weighted by Gasteiger charge is 1.83. The molecule has 5 heavy (non-hydrogen) atoms. The van der Waals surface area contributed by atoms with Gasteiger partial charge in [-0.25, -0.2) is 0 Å². The van der Waals surface area contributed by atoms with Gasteiger partial charge in [0, 0.05) is 0 Å². The van der Waals surface area contributed by atoms with E-state index < -0.39 is 8.96 Å². The van der Waals surface area contributed by atoms with E-state index in [1.807, 2.05) is 0 Å². The molecule has 0 radical (unpaired) electrons. The van der Waals surface area contributed by atoms with Crippen LogP contribution in [0.4, 0.5) is 0 Å². The number of hydrogen-bond donors (Lipinski definition) is 1. The summed E-state index contributed by atoms with van der Waals surface area (Å²) in [7, 11) is -0.650. The first-order chi connectivity index (χ1) is 2.27. The Morgan fingerprint density at radius 2 is 2.00 bits per heavy atom. The lowest BCUT2D eigenvalue weighted by molar-refractivity contribution is 1.39. The second-order valence-corrected chi connectivity index (χ2v) is 4.16. The molecule has 0 aromatic rings. The van der Waals surface area contributed by atoms with Crippen LogP contribution in [0, 0.1) is 0 Å². The van der Waals surface area contributed by atoms with Crippen molar-refractivity contribution in [1.29, 1.82) is 0 Å². The average molecular weight is 89.2 g/mol. The maximum atomic E-state index is 5.43. The highest BCUT2D eigenvalue weighted by molar-refractivity contribution is 6.53. The molecular formula is C3H11NSi. The Hall–Kier alpha value is 0.177. The first-order valence-electron chi connectivity index (χ1n) is 2.03. The first kappa shape index (κ1) is 5.18. The van der Waals surface area contributed by atoms with Crippen molar-refractivity contribution in [3.05, 3.63) is 0 Å². The van der Waals surface area contributed by atoms with Gasteiger partial charge < -0.3 is 5.40 Å². The molecule has 32 valence electrons. The molecule has 0 aliphatic heterocycles. The normalized spacial score (nSPS) is 15.0. The molecule has 0 heterocycles. The summed E-state index contributed by atoms with van der Waals surface area (Å²) >= 11 is 0. The molecule has 1 nitrogen and oxygen atoms in total. The highest BCUT2D eigenvalue weighted by Crippen LogP contribution is 1.74. The lowest BCUT2D eigenvalue weighted by atomic mass is 11.0. The van der Waals surface area contributed by atoms with Gasteiger partial charge >= 0.3 is 0 Å². The van der Waals surface area contributed by atoms with E-state index in [1.54, 1.807) is 0 Å². The molecule has 0 aromatic carbocycles. The van der Waals surface area contributed by atoms with Crippen LogP contribution in [0.15, 0.2) is 0 Å². The molecule has 0 fully saturated rings. The minimum absolute atomic E-state index is 0.650. The van der Waals surface area contributed by atoms with E-state index in [0.29, 0.717) is 0 Å². The Balaban J connectivity index is 2.54. The van der Waals surface area contributed by atoms with Gasteiger partial charge in [0.25, 0.3) is 0 Å². The fourth-order valence-electron chi connectivity index (χ4n) is 0. The van der Waals surface area contributed by atoms with Gasteiger partial charge in [-0.2, -0.15) is 0 Å². The van der Waals surface area contributed by atoms with E-state index in [9.17, 15) is 0 Å². The molecule has 1 atom stereocenters. The van der Waals surface area contributed by atoms with Crippen molar-refractivity contribution in [1.82, 2.24) is 0 Å². The van der Waals surface area contributed by atoms with E-state index >= 15 is 0 Å². The molecule has 0 amide bonds. The van der Waals surface area contributed by atoms with Crippen LogP contribution in [0.25, 0.3) is 0 Å². The maximum absolute atomic E-state index is 5.43. The van der Waals surface area contributed by atoms with Crippen molar-refractivity contribution >= 4 is 8.96 Å². The SMILES string of the molecule is CC[SiH](C)N. The third-order valence-corrected chi connectivity index (χ3v) is 1.93. The van der Waals surface area contributed by atoms with Crippen molar-refractivity contribution in [3.8, 4) is 0 Å². The van der Waals surface area contributed by atoms with Crippen LogP contribution in [0.5, 0.6) is 0 Å². The van der Waals surface area contributed by atoms with Crippen LogP contribution < -0.4 is 5.40 Å². The quantitative estimate of drug-likeness (QED) is 0.460. The van der Waals surface area contributed by atoms with Gasteiger partial charge in [-0.3, -0.25) is 0 Å². The summed E-state index contributed by atoms with van der Waals surface area (Å²) in [5.41, 5.74) is 0. The minimum Gasteiger partial charge on any atom is -0.353 e. The number of hydrogen-bond acceptors (Lipinski definition) is 1. The van der Waals surface area contributed by atoms with Crippen molar-refractivity contribution in [2.75, 3.05) is 0 Å². The van der Waals surface area contributed by atoms with Crippen molar-refractivity contribution in [3.63, 3.8) is 0 Å². The second-order valence-electron chi connectivity index (χ2n) is 1.39. The molecule has 0 aliphatic rings. The fourth-order valence-corrected chi connectivity index (χ4v) is 0. The Morgan fingerprint density at radius 3 is 2.00 bits per heavy atom. The van der Waals surface area contributed by atoms with Gasteiger partial charge in [0.15, 0.2) is 0 Å². The smallest absolute Gasteiger partial charge is 0.102 e. The zero-order valence-electron chi connectivity index (χ0n) is 3.86. The zero-order valence-corrected chi connectivity index (χ0v) is 5.02. The lowest BCUT2D eigenvalue weighted by Gasteiger charge is -1.88. The number of rotatable bonds is 1. The topological polar surface area (TPSA) is 26.0 Å². The average Bonchev–Trinajstić information content (AvgIpc) is 1.38. The van der Waals surface area contributed by atoms with Crippen molar-refractivity contribution < 1.29 is 0 Å². The predicted octanol–water partition coefficient (Wildman–Crippen LogP) is 0.319. The molecule has 0 rings (SSSR count). The summed E-state index contributed by atoms with van der Waals surface area (Å²) in [6.45, 7) is 4.27. The van der Waals surface area contributed by atoms with Crippen LogP contribution in [-0.4, -0.2) is 8.96 Å². The molecule has 0 saturated carbocycles. The Kier molecular flexibility index (Phi) is 2.50. The van der Waals surface area contributed by atoms with E-state index in [1.165, 1.54) is 6.04 Å². The summed E-state index contributed by atoms with van der Waals surface area (Å²) in [5.74, 6) is 0. The molecule has 0 bridgehead atoms. The van der Waals surface area contributed by atoms with Crippen LogP contribution in [0.3, 0.4) is 0 Å². The van der Waals surface area contributed by atoms with Crippen LogP contribution in [0.2, 0.25) is 12.6 Å². The largest absolute Gasteiger partial charge is 0.353 e. The van der Waals surface area contributed by atoms with E-state index in [4.69, 9.17) is 5.40 Å². The lowest BCUT2D eigenvalue weighted by Crippen LogP contribution is -2.17. The third-order valence-electron chi connectivity index (χ3n) is 0.644. The molecule has 0 saturated heterocycles. The van der Waals surface area contributed by atoms with E-state index in [-0.39, 0.29) is 0 Å². The molecular weight excluding hydrogens is 78.1 g/mol. The number of nitrogens with two attached hydrogens (primary N) is 1. The van der Waals surface area contributed by atoms with Crippen molar-refractivity contribution in [2.45, 2.75) is 19.5 Å². The summed E-state index contributed by atoms with van der Waals surface area (Å²) in [6.07, 6.45) is 0. The molecule has 0 aromatic heterocycles. The zero-order chi connectivity index (χ0) is 4.28. The highest BCUT2D eigenvalue weighted by atomic mass is 28.3. The van der Waals surface area contributed by atoms with E-state index in [2.05, 4.69) is 13.5 Å². The summed E-state index contributed by atoms with van der Waals surface area (Å²) in [4.78, 5) is 0. The van der Waals surface area contributed by atoms with Gasteiger partial charge in [-0.15, -0.1) is 0 Å². The Morgan fingerprint density at radius 1 is 1.80 bits per heavy atom. The van der Waals surface area contributed by atoms with Crippen LogP contribution in [0.1, 0.15) is 6.92 Å². The molecule has 2 heteroatoms. The molecule has 2 N–H and O–H groups in total. The van der Waals surface area contributed by atoms with Crippen molar-refractivity contribution in [2.24, 2.45) is 5.40 Å². The first-order valence-corrected chi connectivity index (χ1v) is 4.66. The van der Waals surface area contributed by atoms with Gasteiger partial charge in [0.2, 0.25) is 0 Å². The summed E-state index contributed by atoms with van der Waals surface area (Å²) in [6, 6.07) is 1.22. The second kappa shape index (κ2) is 2.42. The van der Waals surface area contributed by atoms with Gasteiger partial charge in [0.05, 0.1) is 0 Å². The van der Waals surface area contributed by atoms with E-state index in [0.717, 1.165) is 0 Å². The standard InChI is InChI=1S/C3H11NSi/c1-3-5(2)4/h5H,3-4H2,1-2H3. The summed E-state index contributed by atoms with van der Waals surface area (Å²) in [5, 5.41) is 5.43. The third kappa shape index (κ3) is 4.18. The van der Waals surface area contributed by atoms with Gasteiger partial charge in [-0.05, 0) is 0 Å². The fraction of sp³-hybridized carbons (Fsp3) is 1.00. The minimum atomic E-state index is -0.650. The monoisotopic (exact) mass is 89.1 g/mol. The van der Waals surface area contributed by atoms with Gasteiger partial charge in [0.1, 0.15) is 8.96 Å². The van der Waals surface area contributed by atoms with Crippen LogP contribution >= 0.6 is 0 Å². The Bertz CT molecular complexity index is 20.9. The molecule has 0 aliphatic carbocycles. The summed E-state index contributed by atoms with van der Waals surface area (Å²) < 4.78 is 0. The maximum Gasteiger partial charge on any atom is 0.102 e. The Labute approximate surface area is 34.9 Å². The predicted molar refractivity (Wildman–Crippen MR) is 27.7 cm³/mol. The molecule has 1 unspecified atom stereocenters. The molecule has 0 spiro atoms. The van der Waals surface area contributed by atoms with Gasteiger partial charge in [-0.1, -0.05) is 19.5 Å².